The maximum Gasteiger partial charge on any atom is 0.248 e. The number of benzene rings is 2. The molecule has 0 atom stereocenters. The number of halogens is 1. The molecule has 2 aromatic heterocycles. The Morgan fingerprint density at radius 2 is 1.73 bits per heavy atom. The largest absolute Gasteiger partial charge is 0.437 e. The molecule has 128 valence electrons. The number of nitrogens with zero attached hydrogens (tertiary/aromatic N) is 3. The first kappa shape index (κ1) is 16.3. The fourth-order valence-electron chi connectivity index (χ4n) is 2.51. The van der Waals surface area contributed by atoms with Crippen LogP contribution in [0.5, 0.6) is 11.6 Å². The smallest absolute Gasteiger partial charge is 0.248 e. The Hall–Kier alpha value is -3.19. The fourth-order valence-corrected chi connectivity index (χ4v) is 2.77. The second-order valence-electron chi connectivity index (χ2n) is 5.50. The third-order valence-electron chi connectivity index (χ3n) is 3.76. The Labute approximate surface area is 158 Å². The summed E-state index contributed by atoms with van der Waals surface area (Å²) in [5, 5.41) is 4.25. The highest BCUT2D eigenvalue weighted by atomic mass is 79.9. The number of rotatable bonds is 4. The summed E-state index contributed by atoms with van der Waals surface area (Å²) >= 11 is 3.39. The van der Waals surface area contributed by atoms with E-state index < -0.39 is 0 Å². The van der Waals surface area contributed by atoms with E-state index in [4.69, 9.17) is 10.5 Å². The topological polar surface area (TPSA) is 86.0 Å². The Kier molecular flexibility index (Phi) is 4.37. The van der Waals surface area contributed by atoms with Crippen molar-refractivity contribution in [1.29, 1.82) is 0 Å². The van der Waals surface area contributed by atoms with Crippen molar-refractivity contribution in [1.82, 2.24) is 15.0 Å². The molecule has 6 nitrogen and oxygen atoms in total. The summed E-state index contributed by atoms with van der Waals surface area (Å²) in [5.74, 6) is 1.39. The lowest BCUT2D eigenvalue weighted by molar-refractivity contribution is 0.464. The van der Waals surface area contributed by atoms with Gasteiger partial charge in [-0.15, -0.1) is 0 Å². The van der Waals surface area contributed by atoms with Crippen LogP contribution in [0.25, 0.3) is 10.9 Å². The van der Waals surface area contributed by atoms with Crippen molar-refractivity contribution in [3.8, 4) is 11.6 Å². The minimum absolute atomic E-state index is 0.290. The Morgan fingerprint density at radius 3 is 2.58 bits per heavy atom. The minimum atomic E-state index is 0.290. The normalized spacial score (nSPS) is 10.7. The van der Waals surface area contributed by atoms with E-state index in [1.807, 2.05) is 54.6 Å². The molecular formula is C19H14BrN5O. The van der Waals surface area contributed by atoms with Crippen LogP contribution in [0.1, 0.15) is 0 Å². The van der Waals surface area contributed by atoms with Crippen LogP contribution in [0.4, 0.5) is 17.2 Å². The number of nitrogens with two attached hydrogens (primary N) is 1. The molecule has 26 heavy (non-hydrogen) atoms. The first-order valence-corrected chi connectivity index (χ1v) is 8.65. The van der Waals surface area contributed by atoms with Crippen molar-refractivity contribution >= 4 is 44.0 Å². The van der Waals surface area contributed by atoms with Gasteiger partial charge in [0, 0.05) is 16.1 Å². The molecule has 4 rings (SSSR count). The summed E-state index contributed by atoms with van der Waals surface area (Å²) in [7, 11) is 0. The van der Waals surface area contributed by atoms with Crippen LogP contribution in [0.2, 0.25) is 0 Å². The van der Waals surface area contributed by atoms with E-state index in [0.717, 1.165) is 21.1 Å². The summed E-state index contributed by atoms with van der Waals surface area (Å²) in [4.78, 5) is 12.8. The maximum absolute atomic E-state index is 6.21. The van der Waals surface area contributed by atoms with Gasteiger partial charge in [0.1, 0.15) is 17.8 Å². The van der Waals surface area contributed by atoms with E-state index in [0.29, 0.717) is 17.3 Å². The van der Waals surface area contributed by atoms with Crippen LogP contribution in [0, 0.1) is 0 Å². The number of nitrogens with one attached hydrogen (secondary N) is 1. The summed E-state index contributed by atoms with van der Waals surface area (Å²) in [6.45, 7) is 0. The Morgan fingerprint density at radius 1 is 0.923 bits per heavy atom. The first-order valence-electron chi connectivity index (χ1n) is 7.85. The van der Waals surface area contributed by atoms with E-state index in [2.05, 4.69) is 36.2 Å². The van der Waals surface area contributed by atoms with Crippen LogP contribution in [0.15, 0.2) is 71.6 Å². The molecule has 0 spiro atoms. The molecule has 0 radical (unpaired) electrons. The lowest BCUT2D eigenvalue weighted by Gasteiger charge is -2.12. The molecule has 2 aromatic carbocycles. The van der Waals surface area contributed by atoms with Crippen molar-refractivity contribution in [2.24, 2.45) is 0 Å². The van der Waals surface area contributed by atoms with Gasteiger partial charge < -0.3 is 15.8 Å². The number of fused-ring (bicyclic) bond motifs is 1. The zero-order valence-electron chi connectivity index (χ0n) is 13.6. The predicted octanol–water partition coefficient (Wildman–Crippen LogP) is 4.91. The summed E-state index contributed by atoms with van der Waals surface area (Å²) in [6.07, 6.45) is 3.16. The van der Waals surface area contributed by atoms with Crippen LogP contribution >= 0.6 is 15.9 Å². The molecule has 0 amide bonds. The second kappa shape index (κ2) is 6.97. The number of hydrogen-bond donors (Lipinski definition) is 2. The zero-order chi connectivity index (χ0) is 17.9. The van der Waals surface area contributed by atoms with Crippen LogP contribution in [0.3, 0.4) is 0 Å². The number of ether oxygens (including phenoxy) is 1. The molecule has 0 aliphatic carbocycles. The monoisotopic (exact) mass is 407 g/mol. The molecule has 7 heteroatoms. The quantitative estimate of drug-likeness (QED) is 0.499. The van der Waals surface area contributed by atoms with Gasteiger partial charge in [0.2, 0.25) is 5.88 Å². The van der Waals surface area contributed by atoms with E-state index in [1.165, 1.54) is 6.33 Å². The van der Waals surface area contributed by atoms with Crippen molar-refractivity contribution in [2.45, 2.75) is 0 Å². The molecule has 0 saturated heterocycles. The van der Waals surface area contributed by atoms with Crippen LogP contribution in [-0.4, -0.2) is 15.0 Å². The average molecular weight is 408 g/mol. The number of anilines is 3. The number of pyridine rings is 1. The number of nitrogen functional groups attached to an aromatic ring is 1. The van der Waals surface area contributed by atoms with Gasteiger partial charge in [-0.25, -0.2) is 4.98 Å². The summed E-state index contributed by atoms with van der Waals surface area (Å²) in [5.41, 5.74) is 8.18. The summed E-state index contributed by atoms with van der Waals surface area (Å²) < 4.78 is 6.74. The van der Waals surface area contributed by atoms with Crippen molar-refractivity contribution in [3.05, 3.63) is 71.6 Å². The molecule has 2 heterocycles. The highest BCUT2D eigenvalue weighted by molar-refractivity contribution is 9.10. The molecule has 4 aromatic rings. The molecular weight excluding hydrogens is 394 g/mol. The van der Waals surface area contributed by atoms with Crippen LogP contribution < -0.4 is 15.8 Å². The number of hydrogen-bond acceptors (Lipinski definition) is 6. The molecule has 0 bridgehead atoms. The van der Waals surface area contributed by atoms with Gasteiger partial charge in [-0.3, -0.25) is 4.98 Å². The van der Waals surface area contributed by atoms with E-state index >= 15 is 0 Å². The third kappa shape index (κ3) is 3.29. The highest BCUT2D eigenvalue weighted by Crippen LogP contribution is 2.32. The van der Waals surface area contributed by atoms with E-state index in [9.17, 15) is 0 Å². The van der Waals surface area contributed by atoms with Gasteiger partial charge in [0.15, 0.2) is 5.82 Å². The standard InChI is InChI=1S/C19H14BrN5O/c20-13-6-8-14(9-7-13)26-19-16(21)18(23-11-24-19)25-15-5-1-3-12-4-2-10-22-17(12)15/h1-11H,21H2,(H,23,24,25). The van der Waals surface area contributed by atoms with Gasteiger partial charge in [0.25, 0.3) is 0 Å². The summed E-state index contributed by atoms with van der Waals surface area (Å²) in [6, 6.07) is 17.2. The van der Waals surface area contributed by atoms with Gasteiger partial charge in [-0.1, -0.05) is 34.1 Å². The Balaban J connectivity index is 1.66. The predicted molar refractivity (Wildman–Crippen MR) is 106 cm³/mol. The van der Waals surface area contributed by atoms with Crippen molar-refractivity contribution in [3.63, 3.8) is 0 Å². The zero-order valence-corrected chi connectivity index (χ0v) is 15.1. The minimum Gasteiger partial charge on any atom is -0.437 e. The molecule has 0 aliphatic rings. The fraction of sp³-hybridized carbons (Fsp3) is 0. The lowest BCUT2D eigenvalue weighted by Crippen LogP contribution is -2.03. The van der Waals surface area contributed by atoms with Gasteiger partial charge in [0.05, 0.1) is 11.2 Å². The third-order valence-corrected chi connectivity index (χ3v) is 4.29. The first-order chi connectivity index (χ1) is 12.7. The van der Waals surface area contributed by atoms with E-state index in [1.54, 1.807) is 6.20 Å². The highest BCUT2D eigenvalue weighted by Gasteiger charge is 2.12. The van der Waals surface area contributed by atoms with Crippen molar-refractivity contribution in [2.75, 3.05) is 11.1 Å². The van der Waals surface area contributed by atoms with Gasteiger partial charge >= 0.3 is 0 Å². The SMILES string of the molecule is Nc1c(Nc2cccc3cccnc23)ncnc1Oc1ccc(Br)cc1. The Bertz CT molecular complexity index is 1060. The van der Waals surface area contributed by atoms with Crippen LogP contribution in [-0.2, 0) is 0 Å². The molecule has 0 unspecified atom stereocenters. The van der Waals surface area contributed by atoms with E-state index in [-0.39, 0.29) is 5.88 Å². The number of para-hydroxylation sites is 1. The van der Waals surface area contributed by atoms with Gasteiger partial charge in [-0.2, -0.15) is 4.98 Å². The molecule has 3 N–H and O–H groups in total. The van der Waals surface area contributed by atoms with Gasteiger partial charge in [-0.05, 0) is 36.4 Å². The average Bonchev–Trinajstić information content (AvgIpc) is 2.67. The second-order valence-corrected chi connectivity index (χ2v) is 6.42. The van der Waals surface area contributed by atoms with Crippen molar-refractivity contribution < 1.29 is 4.74 Å². The number of aromatic nitrogens is 3. The molecule has 0 fully saturated rings. The molecule has 0 saturated carbocycles. The maximum atomic E-state index is 6.21. The lowest BCUT2D eigenvalue weighted by atomic mass is 10.2. The molecule has 0 aliphatic heterocycles.